The zero-order chi connectivity index (χ0) is 25.9. The van der Waals surface area contributed by atoms with Crippen molar-refractivity contribution in [2.75, 3.05) is 23.5 Å². The van der Waals surface area contributed by atoms with Crippen LogP contribution in [-0.4, -0.2) is 39.1 Å². The van der Waals surface area contributed by atoms with Crippen molar-refractivity contribution in [3.63, 3.8) is 0 Å². The van der Waals surface area contributed by atoms with Crippen LogP contribution < -0.4 is 20.7 Å². The van der Waals surface area contributed by atoms with Gasteiger partial charge in [-0.15, -0.1) is 0 Å². The Hall–Kier alpha value is -3.63. The van der Waals surface area contributed by atoms with Crippen LogP contribution in [0, 0.1) is 5.82 Å². The van der Waals surface area contributed by atoms with E-state index < -0.39 is 39.1 Å². The van der Waals surface area contributed by atoms with E-state index in [0.717, 1.165) is 17.7 Å². The predicted octanol–water partition coefficient (Wildman–Crippen LogP) is 3.77. The number of hydrogen-bond acceptors (Lipinski definition) is 6. The predicted molar refractivity (Wildman–Crippen MR) is 136 cm³/mol. The van der Waals surface area contributed by atoms with Crippen LogP contribution in [0.5, 0.6) is 5.75 Å². The van der Waals surface area contributed by atoms with Gasteiger partial charge in [-0.3, -0.25) is 9.59 Å². The minimum absolute atomic E-state index is 0.00257. The molecule has 1 aliphatic rings. The van der Waals surface area contributed by atoms with Crippen LogP contribution in [0.3, 0.4) is 0 Å². The molecule has 11 heteroatoms. The molecule has 2 amide bonds. The second kappa shape index (κ2) is 10.5. The molecule has 1 heterocycles. The fraction of sp³-hybridized carbons (Fsp3) is 0.200. The Bertz CT molecular complexity index is 1410. The molecule has 0 fully saturated rings. The van der Waals surface area contributed by atoms with Gasteiger partial charge in [-0.05, 0) is 53.6 Å². The minimum atomic E-state index is -3.77. The molecule has 0 radical (unpaired) electrons. The first-order chi connectivity index (χ1) is 17.1. The summed E-state index contributed by atoms with van der Waals surface area (Å²) >= 11 is 5.95. The Morgan fingerprint density at radius 1 is 1.08 bits per heavy atom. The lowest BCUT2D eigenvalue weighted by atomic mass is 10.1. The second-order valence-corrected chi connectivity index (χ2v) is 10.8. The lowest BCUT2D eigenvalue weighted by Gasteiger charge is -2.27. The number of amides is 2. The van der Waals surface area contributed by atoms with E-state index in [9.17, 15) is 22.4 Å². The first-order valence-corrected chi connectivity index (χ1v) is 13.1. The number of anilines is 2. The lowest BCUT2D eigenvalue weighted by molar-refractivity contribution is -0.116. The Balaban J connectivity index is 1.39. The fourth-order valence-electron chi connectivity index (χ4n) is 3.72. The summed E-state index contributed by atoms with van der Waals surface area (Å²) in [5, 5.41) is 8.40. The Labute approximate surface area is 212 Å². The smallest absolute Gasteiger partial charge is 0.251 e. The number of fused-ring (bicyclic) bond motifs is 1. The maximum absolute atomic E-state index is 13.2. The number of halogens is 2. The van der Waals surface area contributed by atoms with Crippen molar-refractivity contribution in [2.45, 2.75) is 18.3 Å². The molecule has 3 aromatic rings. The van der Waals surface area contributed by atoms with Crippen molar-refractivity contribution in [2.24, 2.45) is 0 Å². The summed E-state index contributed by atoms with van der Waals surface area (Å²) in [6.07, 6.45) is 0. The topological polar surface area (TPSA) is 114 Å². The molecule has 0 bridgehead atoms. The van der Waals surface area contributed by atoms with Crippen LogP contribution in [0.1, 0.15) is 21.5 Å². The van der Waals surface area contributed by atoms with E-state index in [4.69, 9.17) is 16.3 Å². The normalized spacial score (nSPS) is 14.9. The standard InChI is InChI=1S/C25H23ClFN3O5S/c1-35-19-7-2-15(3-8-19)12-28-24(31)16-5-9-21-22(10-16)30-25(32)23(29-21)14-36(33,34)13-17-4-6-18(27)11-20(17)26/h2-11,23,29H,12-14H2,1H3,(H,28,31)(H,30,32)/t23-/m0/s1. The molecular weight excluding hydrogens is 509 g/mol. The molecule has 1 atom stereocenters. The molecule has 0 unspecified atom stereocenters. The molecule has 0 aliphatic carbocycles. The average molecular weight is 532 g/mol. The van der Waals surface area contributed by atoms with Crippen LogP contribution in [0.15, 0.2) is 60.7 Å². The Morgan fingerprint density at radius 2 is 1.83 bits per heavy atom. The molecule has 0 aromatic heterocycles. The van der Waals surface area contributed by atoms with Gasteiger partial charge in [0.1, 0.15) is 17.6 Å². The number of methoxy groups -OCH3 is 1. The van der Waals surface area contributed by atoms with Gasteiger partial charge in [0.05, 0.1) is 30.0 Å². The van der Waals surface area contributed by atoms with E-state index >= 15 is 0 Å². The van der Waals surface area contributed by atoms with Gasteiger partial charge in [0.15, 0.2) is 9.84 Å². The summed E-state index contributed by atoms with van der Waals surface area (Å²) in [6.45, 7) is 0.308. The van der Waals surface area contributed by atoms with Gasteiger partial charge < -0.3 is 20.7 Å². The van der Waals surface area contributed by atoms with E-state index in [1.165, 1.54) is 12.1 Å². The summed E-state index contributed by atoms with van der Waals surface area (Å²) in [5.41, 5.74) is 2.33. The summed E-state index contributed by atoms with van der Waals surface area (Å²) in [6, 6.07) is 14.4. The van der Waals surface area contributed by atoms with Crippen molar-refractivity contribution in [3.05, 3.63) is 88.2 Å². The van der Waals surface area contributed by atoms with Crippen molar-refractivity contribution in [1.82, 2.24) is 5.32 Å². The van der Waals surface area contributed by atoms with Crippen LogP contribution in [0.4, 0.5) is 15.8 Å². The molecule has 1 aliphatic heterocycles. The van der Waals surface area contributed by atoms with Crippen molar-refractivity contribution >= 4 is 44.6 Å². The average Bonchev–Trinajstić information content (AvgIpc) is 2.84. The molecule has 3 N–H and O–H groups in total. The largest absolute Gasteiger partial charge is 0.497 e. The Morgan fingerprint density at radius 3 is 2.53 bits per heavy atom. The second-order valence-electron chi connectivity index (χ2n) is 8.27. The van der Waals surface area contributed by atoms with Crippen molar-refractivity contribution in [3.8, 4) is 5.75 Å². The number of rotatable bonds is 8. The minimum Gasteiger partial charge on any atom is -0.497 e. The molecule has 0 saturated heterocycles. The molecule has 4 rings (SSSR count). The van der Waals surface area contributed by atoms with E-state index in [1.807, 2.05) is 12.1 Å². The first kappa shape index (κ1) is 25.5. The quantitative estimate of drug-likeness (QED) is 0.408. The maximum Gasteiger partial charge on any atom is 0.251 e. The highest BCUT2D eigenvalue weighted by atomic mass is 35.5. The monoisotopic (exact) mass is 531 g/mol. The zero-order valence-corrected chi connectivity index (χ0v) is 20.8. The van der Waals surface area contributed by atoms with Crippen molar-refractivity contribution < 1.29 is 27.1 Å². The third-order valence-corrected chi connectivity index (χ3v) is 7.55. The summed E-state index contributed by atoms with van der Waals surface area (Å²) < 4.78 is 43.8. The van der Waals surface area contributed by atoms with Crippen molar-refractivity contribution in [1.29, 1.82) is 0 Å². The zero-order valence-electron chi connectivity index (χ0n) is 19.2. The molecule has 188 valence electrons. The lowest BCUT2D eigenvalue weighted by Crippen LogP contribution is -2.43. The van der Waals surface area contributed by atoms with Gasteiger partial charge in [0.2, 0.25) is 5.91 Å². The molecule has 0 spiro atoms. The van der Waals surface area contributed by atoms with Gasteiger partial charge in [0, 0.05) is 17.1 Å². The number of nitrogens with one attached hydrogen (secondary N) is 3. The Kier molecular flexibility index (Phi) is 7.46. The first-order valence-electron chi connectivity index (χ1n) is 10.9. The molecule has 0 saturated carbocycles. The molecule has 36 heavy (non-hydrogen) atoms. The molecular formula is C25H23ClFN3O5S. The van der Waals surface area contributed by atoms with E-state index in [-0.39, 0.29) is 16.5 Å². The number of benzene rings is 3. The van der Waals surface area contributed by atoms with E-state index in [2.05, 4.69) is 16.0 Å². The van der Waals surface area contributed by atoms with Crippen LogP contribution in [0.2, 0.25) is 5.02 Å². The molecule has 8 nitrogen and oxygen atoms in total. The van der Waals surface area contributed by atoms with Gasteiger partial charge in [0.25, 0.3) is 5.91 Å². The SMILES string of the molecule is COc1ccc(CNC(=O)c2ccc3c(c2)NC(=O)[C@H](CS(=O)(=O)Cc2ccc(F)cc2Cl)N3)cc1. The van der Waals surface area contributed by atoms with E-state index in [1.54, 1.807) is 31.4 Å². The third kappa shape index (κ3) is 6.13. The van der Waals surface area contributed by atoms with Gasteiger partial charge in [-0.2, -0.15) is 0 Å². The highest BCUT2D eigenvalue weighted by molar-refractivity contribution is 7.90. The summed E-state index contributed by atoms with van der Waals surface area (Å²) in [7, 11) is -2.19. The number of carbonyl (C=O) groups excluding carboxylic acids is 2. The van der Waals surface area contributed by atoms with Gasteiger partial charge in [-0.1, -0.05) is 29.8 Å². The fourth-order valence-corrected chi connectivity index (χ4v) is 5.62. The van der Waals surface area contributed by atoms with Gasteiger partial charge >= 0.3 is 0 Å². The van der Waals surface area contributed by atoms with Crippen LogP contribution in [0.25, 0.3) is 0 Å². The van der Waals surface area contributed by atoms with Gasteiger partial charge in [-0.25, -0.2) is 12.8 Å². The number of ether oxygens (including phenoxy) is 1. The van der Waals surface area contributed by atoms with E-state index in [0.29, 0.717) is 29.2 Å². The number of hydrogen-bond donors (Lipinski definition) is 3. The number of carbonyl (C=O) groups is 2. The molecule has 3 aromatic carbocycles. The van der Waals surface area contributed by atoms with Crippen LogP contribution >= 0.6 is 11.6 Å². The highest BCUT2D eigenvalue weighted by Crippen LogP contribution is 2.29. The third-order valence-electron chi connectivity index (χ3n) is 5.61. The highest BCUT2D eigenvalue weighted by Gasteiger charge is 2.31. The summed E-state index contributed by atoms with van der Waals surface area (Å²) in [4.78, 5) is 25.2. The maximum atomic E-state index is 13.2. The summed E-state index contributed by atoms with van der Waals surface area (Å²) in [5.74, 6) is -1.66. The van der Waals surface area contributed by atoms with Crippen LogP contribution in [-0.2, 0) is 26.9 Å². The number of sulfone groups is 1.